The minimum absolute atomic E-state index is 0.0893. The molecule has 146 valence electrons. The molecule has 1 amide bonds. The Hall–Kier alpha value is -2.82. The van der Waals surface area contributed by atoms with Crippen LogP contribution in [0.25, 0.3) is 11.0 Å². The lowest BCUT2D eigenvalue weighted by Gasteiger charge is -2.20. The van der Waals surface area contributed by atoms with Gasteiger partial charge in [-0.2, -0.15) is 0 Å². The molecule has 0 N–H and O–H groups in total. The van der Waals surface area contributed by atoms with Crippen LogP contribution in [-0.2, 0) is 11.3 Å². The molecule has 28 heavy (non-hydrogen) atoms. The van der Waals surface area contributed by atoms with Crippen LogP contribution in [0.5, 0.6) is 5.75 Å². The van der Waals surface area contributed by atoms with E-state index in [-0.39, 0.29) is 11.8 Å². The number of nitrogens with zero attached hydrogens (tertiary/aromatic N) is 3. The molecule has 1 aromatic heterocycles. The van der Waals surface area contributed by atoms with Crippen LogP contribution in [0.15, 0.2) is 48.5 Å². The fourth-order valence-electron chi connectivity index (χ4n) is 4.03. The fraction of sp³-hybridized carbons (Fsp3) is 0.391. The molecule has 5 heteroatoms. The molecule has 1 atom stereocenters. The van der Waals surface area contributed by atoms with Crippen LogP contribution in [0, 0.1) is 0 Å². The van der Waals surface area contributed by atoms with Gasteiger partial charge in [0.25, 0.3) is 0 Å². The van der Waals surface area contributed by atoms with Crippen molar-refractivity contribution in [2.45, 2.75) is 45.6 Å². The second-order valence-electron chi connectivity index (χ2n) is 7.27. The Labute approximate surface area is 165 Å². The number of amides is 1. The normalized spacial score (nSPS) is 16.9. The largest absolute Gasteiger partial charge is 0.492 e. The molecule has 0 saturated carbocycles. The van der Waals surface area contributed by atoms with Crippen molar-refractivity contribution in [2.75, 3.05) is 18.1 Å². The summed E-state index contributed by atoms with van der Waals surface area (Å²) in [5.74, 6) is 2.01. The van der Waals surface area contributed by atoms with Gasteiger partial charge in [-0.3, -0.25) is 4.79 Å². The van der Waals surface area contributed by atoms with E-state index in [9.17, 15) is 4.79 Å². The predicted molar refractivity (Wildman–Crippen MR) is 112 cm³/mol. The number of aryl methyl sites for hydroxylation is 1. The summed E-state index contributed by atoms with van der Waals surface area (Å²) < 4.78 is 8.06. The van der Waals surface area contributed by atoms with E-state index >= 15 is 0 Å². The molecule has 1 saturated heterocycles. The number of unbranched alkanes of at least 4 members (excludes halogenated alkanes) is 1. The van der Waals surface area contributed by atoms with Gasteiger partial charge in [0.15, 0.2) is 0 Å². The van der Waals surface area contributed by atoms with Gasteiger partial charge in [-0.25, -0.2) is 4.98 Å². The molecule has 0 spiro atoms. The molecule has 3 aromatic rings. The van der Waals surface area contributed by atoms with Gasteiger partial charge < -0.3 is 14.2 Å². The second-order valence-corrected chi connectivity index (χ2v) is 7.27. The van der Waals surface area contributed by atoms with Crippen LogP contribution in [0.4, 0.5) is 5.69 Å². The highest BCUT2D eigenvalue weighted by molar-refractivity contribution is 5.97. The molecule has 1 aliphatic rings. The van der Waals surface area contributed by atoms with E-state index in [1.165, 1.54) is 0 Å². The summed E-state index contributed by atoms with van der Waals surface area (Å²) in [5.41, 5.74) is 3.02. The van der Waals surface area contributed by atoms with E-state index < -0.39 is 0 Å². The monoisotopic (exact) mass is 377 g/mol. The first-order valence-electron chi connectivity index (χ1n) is 10.2. The summed E-state index contributed by atoms with van der Waals surface area (Å²) in [7, 11) is 0. The zero-order chi connectivity index (χ0) is 19.5. The summed E-state index contributed by atoms with van der Waals surface area (Å²) >= 11 is 0. The van der Waals surface area contributed by atoms with Crippen LogP contribution in [0.2, 0.25) is 0 Å². The first-order chi connectivity index (χ1) is 13.7. The standard InChI is InChI=1S/C23H27N3O2/c1-3-5-14-25-19-11-7-6-10-18(19)24-23(25)17-15-22(27)26(16-17)20-12-8-9-13-21(20)28-4-2/h6-13,17H,3-5,14-16H2,1-2H3. The minimum atomic E-state index is 0.0893. The summed E-state index contributed by atoms with van der Waals surface area (Å²) in [4.78, 5) is 19.7. The highest BCUT2D eigenvalue weighted by Crippen LogP contribution is 2.37. The summed E-state index contributed by atoms with van der Waals surface area (Å²) in [6.45, 7) is 6.31. The number of aromatic nitrogens is 2. The third-order valence-electron chi connectivity index (χ3n) is 5.37. The number of imidazole rings is 1. The maximum atomic E-state index is 12.9. The highest BCUT2D eigenvalue weighted by atomic mass is 16.5. The number of ether oxygens (including phenoxy) is 1. The number of benzene rings is 2. The van der Waals surface area contributed by atoms with Gasteiger partial charge >= 0.3 is 0 Å². The molecule has 1 aliphatic heterocycles. The molecular weight excluding hydrogens is 350 g/mol. The Bertz CT molecular complexity index is 979. The first kappa shape index (κ1) is 18.5. The van der Waals surface area contributed by atoms with Gasteiger partial charge in [-0.15, -0.1) is 0 Å². The van der Waals surface area contributed by atoms with Crippen LogP contribution in [-0.4, -0.2) is 28.6 Å². The van der Waals surface area contributed by atoms with Crippen molar-refractivity contribution in [3.63, 3.8) is 0 Å². The third kappa shape index (κ3) is 3.37. The SMILES string of the molecule is CCCCn1c(C2CC(=O)N(c3ccccc3OCC)C2)nc2ccccc21. The Morgan fingerprint density at radius 2 is 1.89 bits per heavy atom. The number of hydrogen-bond donors (Lipinski definition) is 0. The predicted octanol–water partition coefficient (Wildman–Crippen LogP) is 4.76. The first-order valence-corrected chi connectivity index (χ1v) is 10.2. The van der Waals surface area contributed by atoms with Crippen molar-refractivity contribution in [1.29, 1.82) is 0 Å². The van der Waals surface area contributed by atoms with Gasteiger partial charge in [0.1, 0.15) is 11.6 Å². The van der Waals surface area contributed by atoms with Crippen LogP contribution < -0.4 is 9.64 Å². The molecule has 2 aromatic carbocycles. The lowest BCUT2D eigenvalue weighted by molar-refractivity contribution is -0.117. The Balaban J connectivity index is 1.68. The average molecular weight is 377 g/mol. The molecule has 0 aliphatic carbocycles. The van der Waals surface area contributed by atoms with Gasteiger partial charge in [-0.05, 0) is 37.6 Å². The van der Waals surface area contributed by atoms with E-state index in [1.54, 1.807) is 0 Å². The van der Waals surface area contributed by atoms with E-state index in [0.29, 0.717) is 19.6 Å². The van der Waals surface area contributed by atoms with E-state index in [2.05, 4.69) is 29.7 Å². The number of para-hydroxylation sites is 4. The van der Waals surface area contributed by atoms with E-state index in [4.69, 9.17) is 9.72 Å². The minimum Gasteiger partial charge on any atom is -0.492 e. The Morgan fingerprint density at radius 3 is 2.71 bits per heavy atom. The van der Waals surface area contributed by atoms with Gasteiger partial charge in [0.2, 0.25) is 5.91 Å². The van der Waals surface area contributed by atoms with E-state index in [1.807, 2.05) is 42.2 Å². The molecule has 1 unspecified atom stereocenters. The summed E-state index contributed by atoms with van der Waals surface area (Å²) in [6.07, 6.45) is 2.71. The van der Waals surface area contributed by atoms with Crippen LogP contribution in [0.1, 0.15) is 44.9 Å². The average Bonchev–Trinajstić information content (AvgIpc) is 3.27. The topological polar surface area (TPSA) is 47.4 Å². The molecule has 4 rings (SSSR count). The zero-order valence-corrected chi connectivity index (χ0v) is 16.6. The van der Waals surface area contributed by atoms with Gasteiger partial charge in [0, 0.05) is 25.4 Å². The third-order valence-corrected chi connectivity index (χ3v) is 5.37. The zero-order valence-electron chi connectivity index (χ0n) is 16.6. The van der Waals surface area contributed by atoms with E-state index in [0.717, 1.165) is 47.7 Å². The molecule has 1 fully saturated rings. The second kappa shape index (κ2) is 8.05. The van der Waals surface area contributed by atoms with Gasteiger partial charge in [-0.1, -0.05) is 37.6 Å². The van der Waals surface area contributed by atoms with Crippen LogP contribution >= 0.6 is 0 Å². The Morgan fingerprint density at radius 1 is 1.11 bits per heavy atom. The van der Waals surface area contributed by atoms with Crippen molar-refractivity contribution < 1.29 is 9.53 Å². The highest BCUT2D eigenvalue weighted by Gasteiger charge is 2.35. The number of carbonyl (C=O) groups is 1. The van der Waals surface area contributed by atoms with Crippen molar-refractivity contribution in [2.24, 2.45) is 0 Å². The number of anilines is 1. The molecule has 2 heterocycles. The van der Waals surface area contributed by atoms with Crippen molar-refractivity contribution >= 4 is 22.6 Å². The summed E-state index contributed by atoms with van der Waals surface area (Å²) in [6, 6.07) is 16.0. The molecule has 0 bridgehead atoms. The van der Waals surface area contributed by atoms with Crippen molar-refractivity contribution in [1.82, 2.24) is 9.55 Å². The lowest BCUT2D eigenvalue weighted by atomic mass is 10.1. The number of fused-ring (bicyclic) bond motifs is 1. The number of carbonyl (C=O) groups excluding carboxylic acids is 1. The van der Waals surface area contributed by atoms with Crippen molar-refractivity contribution in [3.8, 4) is 5.75 Å². The number of rotatable bonds is 7. The van der Waals surface area contributed by atoms with Crippen molar-refractivity contribution in [3.05, 3.63) is 54.4 Å². The maximum Gasteiger partial charge on any atom is 0.227 e. The molecular formula is C23H27N3O2. The maximum absolute atomic E-state index is 12.9. The molecule has 0 radical (unpaired) electrons. The van der Waals surface area contributed by atoms with Crippen LogP contribution in [0.3, 0.4) is 0 Å². The smallest absolute Gasteiger partial charge is 0.227 e. The fourth-order valence-corrected chi connectivity index (χ4v) is 4.03. The summed E-state index contributed by atoms with van der Waals surface area (Å²) in [5, 5.41) is 0. The molecule has 5 nitrogen and oxygen atoms in total. The van der Waals surface area contributed by atoms with Gasteiger partial charge in [0.05, 0.1) is 23.3 Å². The Kier molecular flexibility index (Phi) is 5.33. The lowest BCUT2D eigenvalue weighted by Crippen LogP contribution is -2.25. The quantitative estimate of drug-likeness (QED) is 0.597. The number of hydrogen-bond acceptors (Lipinski definition) is 3.